The number of aromatic hydroxyl groups is 1. The van der Waals surface area contributed by atoms with Crippen LogP contribution >= 0.6 is 15.9 Å². The molecule has 0 atom stereocenters. The molecule has 0 saturated carbocycles. The first-order valence-electron chi connectivity index (χ1n) is 10.8. The number of phenolic OH excluding ortho intramolecular Hbond substituents is 1. The maximum absolute atomic E-state index is 12.8. The molecule has 180 valence electrons. The summed E-state index contributed by atoms with van der Waals surface area (Å²) >= 11 is 3.29. The number of carbonyl (C=O) groups excluding carboxylic acids is 2. The van der Waals surface area contributed by atoms with Gasteiger partial charge in [0.25, 0.3) is 11.8 Å². The average Bonchev–Trinajstić information content (AvgIpc) is 2.86. The zero-order chi connectivity index (χ0) is 25.7. The number of halogens is 1. The largest absolute Gasteiger partial charge is 0.508 e. The highest BCUT2D eigenvalue weighted by Crippen LogP contribution is 2.20. The Balaban J connectivity index is 1.48. The summed E-state index contributed by atoms with van der Waals surface area (Å²) in [6, 6.07) is 20.1. The molecule has 0 radical (unpaired) electrons. The van der Waals surface area contributed by atoms with Crippen molar-refractivity contribution in [2.75, 3.05) is 0 Å². The van der Waals surface area contributed by atoms with Gasteiger partial charge in [0.2, 0.25) is 0 Å². The number of carboxylic acid groups (broad SMARTS) is 1. The summed E-state index contributed by atoms with van der Waals surface area (Å²) < 4.78 is 0.321. The molecule has 1 heterocycles. The molecule has 1 aromatic heterocycles. The van der Waals surface area contributed by atoms with E-state index in [1.807, 2.05) is 24.3 Å². The lowest BCUT2D eigenvalue weighted by Gasteiger charge is -2.10. The van der Waals surface area contributed by atoms with Gasteiger partial charge in [-0.2, -0.15) is 0 Å². The van der Waals surface area contributed by atoms with E-state index in [1.54, 1.807) is 24.3 Å². The second kappa shape index (κ2) is 10.8. The number of rotatable bonds is 7. The van der Waals surface area contributed by atoms with Crippen LogP contribution in [0.4, 0.5) is 0 Å². The standard InChI is InChI=1S/C27H20BrN3O5/c28-22-13-19(25(33)30-14-16-4-3-6-20(32)11-16)8-9-21(22)26(34)31-24(27(35)36)12-17-10-18-5-1-2-7-23(18)29-15-17/h1-13,15,32H,14H2,(H,30,33)(H,31,34)(H,35,36). The van der Waals surface area contributed by atoms with Crippen LogP contribution in [0.5, 0.6) is 5.75 Å². The highest BCUT2D eigenvalue weighted by atomic mass is 79.9. The lowest BCUT2D eigenvalue weighted by atomic mass is 10.1. The molecule has 0 unspecified atom stereocenters. The van der Waals surface area contributed by atoms with Crippen molar-refractivity contribution in [1.82, 2.24) is 15.6 Å². The number of para-hydroxylation sites is 1. The van der Waals surface area contributed by atoms with E-state index in [4.69, 9.17) is 0 Å². The molecule has 4 N–H and O–H groups in total. The number of aliphatic carboxylic acids is 1. The molecular weight excluding hydrogens is 526 g/mol. The van der Waals surface area contributed by atoms with Crippen LogP contribution < -0.4 is 10.6 Å². The van der Waals surface area contributed by atoms with Crippen molar-refractivity contribution >= 4 is 50.7 Å². The van der Waals surface area contributed by atoms with Crippen molar-refractivity contribution in [3.05, 3.63) is 111 Å². The number of fused-ring (bicyclic) bond motifs is 1. The molecule has 0 aliphatic heterocycles. The molecule has 0 aliphatic rings. The quantitative estimate of drug-likeness (QED) is 0.253. The van der Waals surface area contributed by atoms with E-state index >= 15 is 0 Å². The molecule has 3 aromatic carbocycles. The van der Waals surface area contributed by atoms with Gasteiger partial charge in [0, 0.05) is 28.2 Å². The Hall–Kier alpha value is -4.50. The Morgan fingerprint density at radius 3 is 2.50 bits per heavy atom. The summed E-state index contributed by atoms with van der Waals surface area (Å²) in [6.07, 6.45) is 2.86. The minimum absolute atomic E-state index is 0.103. The van der Waals surface area contributed by atoms with Gasteiger partial charge in [-0.25, -0.2) is 4.79 Å². The van der Waals surface area contributed by atoms with Crippen LogP contribution in [0.15, 0.2) is 89.2 Å². The smallest absolute Gasteiger partial charge is 0.352 e. The van der Waals surface area contributed by atoms with Gasteiger partial charge in [-0.1, -0.05) is 30.3 Å². The van der Waals surface area contributed by atoms with Gasteiger partial charge in [0.1, 0.15) is 11.4 Å². The number of benzene rings is 3. The first-order chi connectivity index (χ1) is 17.3. The van der Waals surface area contributed by atoms with E-state index in [9.17, 15) is 24.6 Å². The molecule has 8 nitrogen and oxygen atoms in total. The minimum atomic E-state index is -1.31. The van der Waals surface area contributed by atoms with Crippen molar-refractivity contribution in [3.8, 4) is 5.75 Å². The third-order valence-corrected chi connectivity index (χ3v) is 5.90. The highest BCUT2D eigenvalue weighted by molar-refractivity contribution is 9.10. The lowest BCUT2D eigenvalue weighted by molar-refractivity contribution is -0.132. The van der Waals surface area contributed by atoms with Crippen LogP contribution in [0.25, 0.3) is 17.0 Å². The number of phenols is 1. The summed E-state index contributed by atoms with van der Waals surface area (Å²) in [4.78, 5) is 41.4. The van der Waals surface area contributed by atoms with E-state index in [2.05, 4.69) is 31.5 Å². The molecule has 4 rings (SSSR count). The first kappa shape index (κ1) is 24.6. The number of carbonyl (C=O) groups is 3. The number of hydrogen-bond acceptors (Lipinski definition) is 5. The number of nitrogens with zero attached hydrogens (tertiary/aromatic N) is 1. The van der Waals surface area contributed by atoms with Crippen molar-refractivity contribution in [2.24, 2.45) is 0 Å². The van der Waals surface area contributed by atoms with E-state index < -0.39 is 11.9 Å². The number of hydrogen-bond donors (Lipinski definition) is 4. The minimum Gasteiger partial charge on any atom is -0.508 e. The van der Waals surface area contributed by atoms with Crippen LogP contribution in [0.1, 0.15) is 31.8 Å². The van der Waals surface area contributed by atoms with Crippen LogP contribution in [0, 0.1) is 0 Å². The molecule has 0 fully saturated rings. The summed E-state index contributed by atoms with van der Waals surface area (Å²) in [7, 11) is 0. The van der Waals surface area contributed by atoms with Gasteiger partial charge in [0.05, 0.1) is 11.1 Å². The Bertz CT molecular complexity index is 1520. The average molecular weight is 546 g/mol. The van der Waals surface area contributed by atoms with E-state index in [0.717, 1.165) is 16.5 Å². The number of nitrogens with one attached hydrogen (secondary N) is 2. The lowest BCUT2D eigenvalue weighted by Crippen LogP contribution is -2.28. The number of carboxylic acids is 1. The van der Waals surface area contributed by atoms with Crippen molar-refractivity contribution < 1.29 is 24.6 Å². The maximum atomic E-state index is 12.8. The summed E-state index contributed by atoms with van der Waals surface area (Å²) in [5, 5.41) is 25.1. The Kier molecular flexibility index (Phi) is 7.41. The molecule has 0 spiro atoms. The highest BCUT2D eigenvalue weighted by Gasteiger charge is 2.17. The Morgan fingerprint density at radius 1 is 0.944 bits per heavy atom. The SMILES string of the molecule is O=C(O)C(=Cc1cnc2ccccc2c1)NC(=O)c1ccc(C(=O)NCc2cccc(O)c2)cc1Br. The van der Waals surface area contributed by atoms with Gasteiger partial charge >= 0.3 is 5.97 Å². The summed E-state index contributed by atoms with van der Waals surface area (Å²) in [5.41, 5.74) is 2.15. The van der Waals surface area contributed by atoms with E-state index in [1.165, 1.54) is 36.5 Å². The topological polar surface area (TPSA) is 129 Å². The molecule has 0 saturated heterocycles. The van der Waals surface area contributed by atoms with Gasteiger partial charge in [-0.3, -0.25) is 14.6 Å². The maximum Gasteiger partial charge on any atom is 0.352 e. The van der Waals surface area contributed by atoms with Crippen LogP contribution in [0.3, 0.4) is 0 Å². The fraction of sp³-hybridized carbons (Fsp3) is 0.0370. The number of pyridine rings is 1. The van der Waals surface area contributed by atoms with Crippen LogP contribution in [-0.4, -0.2) is 33.0 Å². The van der Waals surface area contributed by atoms with Crippen molar-refractivity contribution in [2.45, 2.75) is 6.54 Å². The van der Waals surface area contributed by atoms with Crippen LogP contribution in [0.2, 0.25) is 0 Å². The molecular formula is C27H20BrN3O5. The van der Waals surface area contributed by atoms with Crippen molar-refractivity contribution in [1.29, 1.82) is 0 Å². The van der Waals surface area contributed by atoms with Gasteiger partial charge in [-0.15, -0.1) is 0 Å². The molecule has 2 amide bonds. The van der Waals surface area contributed by atoms with Crippen molar-refractivity contribution in [3.63, 3.8) is 0 Å². The fourth-order valence-corrected chi connectivity index (χ4v) is 4.02. The summed E-state index contributed by atoms with van der Waals surface area (Å²) in [6.45, 7) is 0.212. The molecule has 0 bridgehead atoms. The van der Waals surface area contributed by atoms with Gasteiger partial charge in [0.15, 0.2) is 0 Å². The van der Waals surface area contributed by atoms with Crippen LogP contribution in [-0.2, 0) is 11.3 Å². The zero-order valence-corrected chi connectivity index (χ0v) is 20.3. The summed E-state index contributed by atoms with van der Waals surface area (Å²) in [5.74, 6) is -2.24. The normalized spacial score (nSPS) is 11.2. The molecule has 36 heavy (non-hydrogen) atoms. The molecule has 4 aromatic rings. The predicted molar refractivity (Wildman–Crippen MR) is 138 cm³/mol. The van der Waals surface area contributed by atoms with E-state index in [-0.39, 0.29) is 29.5 Å². The molecule has 9 heteroatoms. The fourth-order valence-electron chi connectivity index (χ4n) is 3.47. The Labute approximate surface area is 214 Å². The van der Waals surface area contributed by atoms with E-state index in [0.29, 0.717) is 15.6 Å². The third-order valence-electron chi connectivity index (χ3n) is 5.24. The number of amides is 2. The second-order valence-corrected chi connectivity index (χ2v) is 8.68. The monoisotopic (exact) mass is 545 g/mol. The number of aromatic nitrogens is 1. The van der Waals surface area contributed by atoms with Gasteiger partial charge < -0.3 is 20.8 Å². The predicted octanol–water partition coefficient (Wildman–Crippen LogP) is 4.49. The zero-order valence-electron chi connectivity index (χ0n) is 18.7. The Morgan fingerprint density at radius 2 is 1.75 bits per heavy atom. The second-order valence-electron chi connectivity index (χ2n) is 7.83. The first-order valence-corrected chi connectivity index (χ1v) is 11.6. The van der Waals surface area contributed by atoms with Gasteiger partial charge in [-0.05, 0) is 75.6 Å². The third kappa shape index (κ3) is 5.94. The molecule has 0 aliphatic carbocycles.